The van der Waals surface area contributed by atoms with Crippen LogP contribution in [0, 0.1) is 0 Å². The zero-order chi connectivity index (χ0) is 16.7. The van der Waals surface area contributed by atoms with Crippen LogP contribution in [0.5, 0.6) is 0 Å². The molecule has 0 heterocycles. The zero-order valence-corrected chi connectivity index (χ0v) is 15.7. The lowest BCUT2D eigenvalue weighted by atomic mass is 9.94. The molecule has 0 aromatic carbocycles. The highest BCUT2D eigenvalue weighted by molar-refractivity contribution is 5.78. The Labute approximate surface area is 143 Å². The average molecular weight is 324 g/mol. The smallest absolute Gasteiger partial charge is 0.218 e. The standard InChI is InChI=1S/C18H37N5/c1-21(2)18(22(3)4)20-23(17-13-9-6-10-14-17)15-19-16-11-7-5-8-12-16/h16-17,19H,5-15H2,1-4H3. The Morgan fingerprint density at radius 1 is 0.826 bits per heavy atom. The monoisotopic (exact) mass is 323 g/mol. The lowest BCUT2D eigenvalue weighted by Gasteiger charge is -2.36. The molecule has 23 heavy (non-hydrogen) atoms. The van der Waals surface area contributed by atoms with Gasteiger partial charge < -0.3 is 9.80 Å². The maximum absolute atomic E-state index is 5.02. The Bertz CT molecular complexity index is 344. The molecule has 0 unspecified atom stereocenters. The van der Waals surface area contributed by atoms with Gasteiger partial charge in [-0.05, 0) is 25.7 Å². The number of hydrogen-bond acceptors (Lipinski definition) is 3. The molecule has 1 N–H and O–H groups in total. The van der Waals surface area contributed by atoms with Crippen LogP contribution in [0.1, 0.15) is 64.2 Å². The first kappa shape index (κ1) is 18.4. The predicted molar refractivity (Wildman–Crippen MR) is 98.4 cm³/mol. The minimum atomic E-state index is 0.592. The summed E-state index contributed by atoms with van der Waals surface area (Å²) in [5, 5.41) is 11.1. The molecule has 0 aromatic heterocycles. The van der Waals surface area contributed by atoms with Crippen molar-refractivity contribution in [3.8, 4) is 0 Å². The molecule has 0 aromatic rings. The Balaban J connectivity index is 2.02. The summed E-state index contributed by atoms with van der Waals surface area (Å²) in [6.07, 6.45) is 13.5. The van der Waals surface area contributed by atoms with E-state index in [1.165, 1.54) is 64.2 Å². The molecule has 2 saturated carbocycles. The lowest BCUT2D eigenvalue weighted by Crippen LogP contribution is -2.46. The summed E-state index contributed by atoms with van der Waals surface area (Å²) in [5.41, 5.74) is 0. The minimum absolute atomic E-state index is 0.592. The van der Waals surface area contributed by atoms with Crippen molar-refractivity contribution in [2.24, 2.45) is 5.10 Å². The topological polar surface area (TPSA) is 34.1 Å². The van der Waals surface area contributed by atoms with Crippen molar-refractivity contribution in [3.05, 3.63) is 0 Å². The molecule has 0 spiro atoms. The van der Waals surface area contributed by atoms with Crippen molar-refractivity contribution in [2.75, 3.05) is 34.9 Å². The third-order valence-electron chi connectivity index (χ3n) is 5.16. The summed E-state index contributed by atoms with van der Waals surface area (Å²) in [5.74, 6) is 1.03. The largest absolute Gasteiger partial charge is 0.347 e. The van der Waals surface area contributed by atoms with Crippen LogP contribution in [0.3, 0.4) is 0 Å². The first-order valence-electron chi connectivity index (χ1n) is 9.51. The number of rotatable bonds is 5. The van der Waals surface area contributed by atoms with E-state index in [0.29, 0.717) is 12.1 Å². The van der Waals surface area contributed by atoms with E-state index in [2.05, 4.69) is 48.3 Å². The van der Waals surface area contributed by atoms with Gasteiger partial charge in [0.05, 0.1) is 6.67 Å². The molecule has 0 aliphatic heterocycles. The second-order valence-electron chi connectivity index (χ2n) is 7.62. The van der Waals surface area contributed by atoms with Crippen molar-refractivity contribution < 1.29 is 0 Å². The molecular weight excluding hydrogens is 286 g/mol. The van der Waals surface area contributed by atoms with E-state index in [1.54, 1.807) is 0 Å². The molecule has 0 amide bonds. The fourth-order valence-electron chi connectivity index (χ4n) is 3.85. The number of nitrogens with one attached hydrogen (secondary N) is 1. The fraction of sp³-hybridized carbons (Fsp3) is 0.944. The number of hydrazone groups is 1. The van der Waals surface area contributed by atoms with Gasteiger partial charge in [0.2, 0.25) is 5.96 Å². The molecule has 5 heteroatoms. The SMILES string of the molecule is CN(C)C(=NN(CNC1CCCCC1)C1CCCCC1)N(C)C. The molecule has 0 atom stereocenters. The molecule has 5 nitrogen and oxygen atoms in total. The van der Waals surface area contributed by atoms with E-state index in [1.807, 2.05) is 0 Å². The lowest BCUT2D eigenvalue weighted by molar-refractivity contribution is 0.135. The van der Waals surface area contributed by atoms with Crippen LogP contribution < -0.4 is 5.32 Å². The van der Waals surface area contributed by atoms with Gasteiger partial charge in [-0.2, -0.15) is 0 Å². The summed E-state index contributed by atoms with van der Waals surface area (Å²) in [4.78, 5) is 4.22. The highest BCUT2D eigenvalue weighted by atomic mass is 15.6. The van der Waals surface area contributed by atoms with Crippen LogP contribution in [-0.4, -0.2) is 67.7 Å². The van der Waals surface area contributed by atoms with E-state index in [0.717, 1.165) is 12.6 Å². The third kappa shape index (κ3) is 5.87. The normalized spacial score (nSPS) is 20.2. The average Bonchev–Trinajstić information content (AvgIpc) is 2.56. The van der Waals surface area contributed by atoms with Crippen molar-refractivity contribution in [1.29, 1.82) is 0 Å². The summed E-state index contributed by atoms with van der Waals surface area (Å²) >= 11 is 0. The minimum Gasteiger partial charge on any atom is -0.347 e. The van der Waals surface area contributed by atoms with Crippen LogP contribution in [0.2, 0.25) is 0 Å². The van der Waals surface area contributed by atoms with Gasteiger partial charge in [-0.3, -0.25) is 10.3 Å². The summed E-state index contributed by atoms with van der Waals surface area (Å²) in [6.45, 7) is 0.889. The van der Waals surface area contributed by atoms with Gasteiger partial charge in [-0.15, -0.1) is 5.10 Å². The van der Waals surface area contributed by atoms with Crippen molar-refractivity contribution >= 4 is 5.96 Å². The Morgan fingerprint density at radius 2 is 1.35 bits per heavy atom. The third-order valence-corrected chi connectivity index (χ3v) is 5.16. The fourth-order valence-corrected chi connectivity index (χ4v) is 3.85. The van der Waals surface area contributed by atoms with E-state index in [-0.39, 0.29) is 0 Å². The summed E-state index contributed by atoms with van der Waals surface area (Å²) < 4.78 is 0. The first-order valence-corrected chi connectivity index (χ1v) is 9.51. The van der Waals surface area contributed by atoms with Crippen LogP contribution in [0.25, 0.3) is 0 Å². The summed E-state index contributed by atoms with van der Waals surface area (Å²) in [7, 11) is 8.30. The van der Waals surface area contributed by atoms with Crippen LogP contribution in [0.4, 0.5) is 0 Å². The number of hydrogen-bond donors (Lipinski definition) is 1. The molecule has 0 saturated heterocycles. The van der Waals surface area contributed by atoms with Crippen molar-refractivity contribution in [2.45, 2.75) is 76.3 Å². The molecule has 2 fully saturated rings. The predicted octanol–water partition coefficient (Wildman–Crippen LogP) is 2.90. The second kappa shape index (κ2) is 9.36. The van der Waals surface area contributed by atoms with Gasteiger partial charge in [0.15, 0.2) is 0 Å². The first-order chi connectivity index (χ1) is 11.1. The zero-order valence-electron chi connectivity index (χ0n) is 15.7. The Hall–Kier alpha value is -0.970. The van der Waals surface area contributed by atoms with Crippen LogP contribution in [-0.2, 0) is 0 Å². The molecule has 134 valence electrons. The molecule has 2 aliphatic carbocycles. The van der Waals surface area contributed by atoms with Gasteiger partial charge in [-0.1, -0.05) is 38.5 Å². The maximum Gasteiger partial charge on any atom is 0.218 e. The number of nitrogens with zero attached hydrogens (tertiary/aromatic N) is 4. The van der Waals surface area contributed by atoms with E-state index < -0.39 is 0 Å². The van der Waals surface area contributed by atoms with Gasteiger partial charge in [-0.25, -0.2) is 0 Å². The molecular formula is C18H37N5. The number of guanidine groups is 1. The van der Waals surface area contributed by atoms with Crippen LogP contribution in [0.15, 0.2) is 5.10 Å². The second-order valence-corrected chi connectivity index (χ2v) is 7.62. The molecule has 0 radical (unpaired) electrons. The highest BCUT2D eigenvalue weighted by Gasteiger charge is 2.22. The Kier molecular flexibility index (Phi) is 7.47. The molecule has 0 bridgehead atoms. The van der Waals surface area contributed by atoms with E-state index >= 15 is 0 Å². The highest BCUT2D eigenvalue weighted by Crippen LogP contribution is 2.23. The van der Waals surface area contributed by atoms with Crippen molar-refractivity contribution in [3.63, 3.8) is 0 Å². The van der Waals surface area contributed by atoms with Gasteiger partial charge in [0.1, 0.15) is 0 Å². The van der Waals surface area contributed by atoms with Gasteiger partial charge >= 0.3 is 0 Å². The quantitative estimate of drug-likeness (QED) is 0.365. The van der Waals surface area contributed by atoms with Gasteiger partial charge in [0.25, 0.3) is 0 Å². The van der Waals surface area contributed by atoms with Crippen LogP contribution >= 0.6 is 0 Å². The molecule has 2 rings (SSSR count). The maximum atomic E-state index is 5.02. The Morgan fingerprint density at radius 3 is 1.87 bits per heavy atom. The van der Waals surface area contributed by atoms with E-state index in [9.17, 15) is 0 Å². The molecule has 2 aliphatic rings. The van der Waals surface area contributed by atoms with Crippen molar-refractivity contribution in [1.82, 2.24) is 20.1 Å². The van der Waals surface area contributed by atoms with Gasteiger partial charge in [0, 0.05) is 40.3 Å². The summed E-state index contributed by atoms with van der Waals surface area (Å²) in [6, 6.07) is 1.28. The van der Waals surface area contributed by atoms with E-state index in [4.69, 9.17) is 5.10 Å².